The molecule has 1 aliphatic carbocycles. The van der Waals surface area contributed by atoms with Gasteiger partial charge >= 0.3 is 0 Å². The normalized spacial score (nSPS) is 18.0. The Labute approximate surface area is 101 Å². The van der Waals surface area contributed by atoms with Crippen molar-refractivity contribution in [3.63, 3.8) is 0 Å². The van der Waals surface area contributed by atoms with E-state index in [1.54, 1.807) is 0 Å². The Hall–Kier alpha value is -0.0800. The van der Waals surface area contributed by atoms with E-state index in [1.165, 1.54) is 45.1 Å². The fourth-order valence-electron chi connectivity index (χ4n) is 1.64. The Bertz CT molecular complexity index is 166. The van der Waals surface area contributed by atoms with E-state index in [9.17, 15) is 0 Å². The van der Waals surface area contributed by atoms with Crippen LogP contribution in [0.4, 0.5) is 0 Å². The van der Waals surface area contributed by atoms with Gasteiger partial charge in [0.15, 0.2) is 0 Å². The quantitative estimate of drug-likeness (QED) is 0.578. The van der Waals surface area contributed by atoms with Gasteiger partial charge in [-0.1, -0.05) is 26.7 Å². The van der Waals surface area contributed by atoms with Gasteiger partial charge in [0.25, 0.3) is 0 Å². The van der Waals surface area contributed by atoms with E-state index >= 15 is 0 Å². The number of hydrogen-bond acceptors (Lipinski definition) is 2. The van der Waals surface area contributed by atoms with Gasteiger partial charge < -0.3 is 10.1 Å². The van der Waals surface area contributed by atoms with Gasteiger partial charge in [-0.2, -0.15) is 0 Å². The Morgan fingerprint density at radius 3 is 2.38 bits per heavy atom. The highest BCUT2D eigenvalue weighted by atomic mass is 16.5. The lowest BCUT2D eigenvalue weighted by atomic mass is 10.1. The average molecular weight is 227 g/mol. The van der Waals surface area contributed by atoms with Crippen molar-refractivity contribution >= 4 is 0 Å². The van der Waals surface area contributed by atoms with Crippen molar-refractivity contribution in [2.45, 2.75) is 71.4 Å². The smallest absolute Gasteiger partial charge is 0.0569 e. The molecule has 1 unspecified atom stereocenters. The average Bonchev–Trinajstić information content (AvgIpc) is 3.05. The maximum absolute atomic E-state index is 5.74. The van der Waals surface area contributed by atoms with Crippen LogP contribution in [0.3, 0.4) is 0 Å². The molecule has 2 nitrogen and oxygen atoms in total. The minimum absolute atomic E-state index is 0.413. The van der Waals surface area contributed by atoms with Gasteiger partial charge in [0.05, 0.1) is 6.10 Å². The summed E-state index contributed by atoms with van der Waals surface area (Å²) in [5.41, 5.74) is 0. The summed E-state index contributed by atoms with van der Waals surface area (Å²) >= 11 is 0. The standard InChI is InChI=1S/C14H29NO/c1-12(2)13(3)16-11-7-5-4-6-10-15-14-8-9-14/h12-15H,4-11H2,1-3H3. The van der Waals surface area contributed by atoms with Gasteiger partial charge in [0.2, 0.25) is 0 Å². The van der Waals surface area contributed by atoms with Gasteiger partial charge in [0.1, 0.15) is 0 Å². The Kier molecular flexibility index (Phi) is 7.06. The van der Waals surface area contributed by atoms with E-state index in [1.807, 2.05) is 0 Å². The van der Waals surface area contributed by atoms with Crippen molar-refractivity contribution in [1.82, 2.24) is 5.32 Å². The number of hydrogen-bond donors (Lipinski definition) is 1. The first kappa shape index (κ1) is 14.0. The highest BCUT2D eigenvalue weighted by molar-refractivity contribution is 4.80. The van der Waals surface area contributed by atoms with Crippen LogP contribution in [0, 0.1) is 5.92 Å². The largest absolute Gasteiger partial charge is 0.378 e. The molecule has 2 heteroatoms. The zero-order chi connectivity index (χ0) is 11.8. The van der Waals surface area contributed by atoms with Crippen molar-refractivity contribution < 1.29 is 4.74 Å². The second-order valence-corrected chi connectivity index (χ2v) is 5.46. The molecule has 0 saturated heterocycles. The third-order valence-electron chi connectivity index (χ3n) is 3.40. The van der Waals surface area contributed by atoms with Crippen molar-refractivity contribution in [3.05, 3.63) is 0 Å². The van der Waals surface area contributed by atoms with Gasteiger partial charge in [-0.3, -0.25) is 0 Å². The molecule has 0 heterocycles. The number of unbranched alkanes of at least 4 members (excludes halogenated alkanes) is 3. The second-order valence-electron chi connectivity index (χ2n) is 5.46. The lowest BCUT2D eigenvalue weighted by molar-refractivity contribution is 0.0332. The zero-order valence-corrected chi connectivity index (χ0v) is 11.3. The highest BCUT2D eigenvalue weighted by Gasteiger charge is 2.19. The SMILES string of the molecule is CC(C)C(C)OCCCCCCNC1CC1. The van der Waals surface area contributed by atoms with Crippen molar-refractivity contribution in [1.29, 1.82) is 0 Å². The molecule has 1 aliphatic rings. The number of rotatable bonds is 10. The van der Waals surface area contributed by atoms with Crippen LogP contribution in [-0.4, -0.2) is 25.3 Å². The molecular formula is C14H29NO. The van der Waals surface area contributed by atoms with Gasteiger partial charge in [-0.15, -0.1) is 0 Å². The summed E-state index contributed by atoms with van der Waals surface area (Å²) in [7, 11) is 0. The van der Waals surface area contributed by atoms with Crippen molar-refractivity contribution in [2.75, 3.05) is 13.2 Å². The lowest BCUT2D eigenvalue weighted by Crippen LogP contribution is -2.17. The number of nitrogens with one attached hydrogen (secondary N) is 1. The molecule has 0 spiro atoms. The Balaban J connectivity index is 1.73. The molecule has 96 valence electrons. The van der Waals surface area contributed by atoms with Crippen LogP contribution in [0.25, 0.3) is 0 Å². The molecule has 1 N–H and O–H groups in total. The van der Waals surface area contributed by atoms with Crippen LogP contribution in [0.2, 0.25) is 0 Å². The molecule has 0 aromatic carbocycles. The lowest BCUT2D eigenvalue weighted by Gasteiger charge is -2.16. The van der Waals surface area contributed by atoms with Gasteiger partial charge in [-0.25, -0.2) is 0 Å². The van der Waals surface area contributed by atoms with E-state index in [-0.39, 0.29) is 0 Å². The van der Waals surface area contributed by atoms with Crippen LogP contribution >= 0.6 is 0 Å². The van der Waals surface area contributed by atoms with E-state index in [0.29, 0.717) is 12.0 Å². The molecule has 1 rings (SSSR count). The first-order valence-electron chi connectivity index (χ1n) is 7.05. The van der Waals surface area contributed by atoms with Crippen molar-refractivity contribution in [3.8, 4) is 0 Å². The van der Waals surface area contributed by atoms with Crippen LogP contribution in [0.15, 0.2) is 0 Å². The van der Waals surface area contributed by atoms with Gasteiger partial charge in [0, 0.05) is 12.6 Å². The molecule has 1 fully saturated rings. The molecule has 0 aliphatic heterocycles. The topological polar surface area (TPSA) is 21.3 Å². The molecule has 0 aromatic heterocycles. The number of ether oxygens (including phenoxy) is 1. The summed E-state index contributed by atoms with van der Waals surface area (Å²) in [6.45, 7) is 8.76. The first-order valence-corrected chi connectivity index (χ1v) is 7.05. The van der Waals surface area contributed by atoms with Crippen molar-refractivity contribution in [2.24, 2.45) is 5.92 Å². The van der Waals surface area contributed by atoms with Gasteiger partial charge in [-0.05, 0) is 45.1 Å². The summed E-state index contributed by atoms with van der Waals surface area (Å²) in [6.07, 6.45) is 8.44. The molecule has 0 radical (unpaired) electrons. The minimum atomic E-state index is 0.413. The summed E-state index contributed by atoms with van der Waals surface area (Å²) in [5, 5.41) is 3.55. The Morgan fingerprint density at radius 2 is 1.75 bits per heavy atom. The molecular weight excluding hydrogens is 198 g/mol. The molecule has 0 amide bonds. The minimum Gasteiger partial charge on any atom is -0.378 e. The van der Waals surface area contributed by atoms with Crippen LogP contribution in [0.5, 0.6) is 0 Å². The van der Waals surface area contributed by atoms with E-state index < -0.39 is 0 Å². The molecule has 0 bridgehead atoms. The third kappa shape index (κ3) is 7.24. The van der Waals surface area contributed by atoms with E-state index in [0.717, 1.165) is 12.6 Å². The maximum Gasteiger partial charge on any atom is 0.0569 e. The zero-order valence-electron chi connectivity index (χ0n) is 11.3. The molecule has 1 saturated carbocycles. The summed E-state index contributed by atoms with van der Waals surface area (Å²) in [4.78, 5) is 0. The molecule has 1 atom stereocenters. The van der Waals surface area contributed by atoms with Crippen LogP contribution in [-0.2, 0) is 4.74 Å². The second kappa shape index (κ2) is 8.08. The summed E-state index contributed by atoms with van der Waals surface area (Å²) in [6, 6.07) is 0.871. The molecule has 16 heavy (non-hydrogen) atoms. The van der Waals surface area contributed by atoms with Crippen LogP contribution in [0.1, 0.15) is 59.3 Å². The van der Waals surface area contributed by atoms with Crippen LogP contribution < -0.4 is 5.32 Å². The predicted molar refractivity (Wildman–Crippen MR) is 69.7 cm³/mol. The van der Waals surface area contributed by atoms with E-state index in [2.05, 4.69) is 26.1 Å². The summed E-state index contributed by atoms with van der Waals surface area (Å²) < 4.78 is 5.74. The Morgan fingerprint density at radius 1 is 1.06 bits per heavy atom. The summed E-state index contributed by atoms with van der Waals surface area (Å²) in [5.74, 6) is 0.641. The van der Waals surface area contributed by atoms with E-state index in [4.69, 9.17) is 4.74 Å². The fourth-order valence-corrected chi connectivity index (χ4v) is 1.64. The predicted octanol–water partition coefficient (Wildman–Crippen LogP) is 3.36. The fraction of sp³-hybridized carbons (Fsp3) is 1.00. The third-order valence-corrected chi connectivity index (χ3v) is 3.40. The molecule has 0 aromatic rings. The monoisotopic (exact) mass is 227 g/mol. The highest BCUT2D eigenvalue weighted by Crippen LogP contribution is 2.18. The first-order chi connectivity index (χ1) is 7.70. The maximum atomic E-state index is 5.74.